The van der Waals surface area contributed by atoms with Crippen LogP contribution in [0.5, 0.6) is 5.75 Å². The monoisotopic (exact) mass is 306 g/mol. The van der Waals surface area contributed by atoms with Gasteiger partial charge < -0.3 is 9.84 Å². The lowest BCUT2D eigenvalue weighted by Gasteiger charge is -2.19. The largest absolute Gasteiger partial charge is 0.511 e. The van der Waals surface area contributed by atoms with E-state index in [0.717, 1.165) is 12.1 Å². The lowest BCUT2D eigenvalue weighted by atomic mass is 10.2. The second kappa shape index (κ2) is 4.20. The summed E-state index contributed by atoms with van der Waals surface area (Å²) in [6, 6.07) is 2.20. The molecule has 0 unspecified atom stereocenters. The molecule has 0 fully saturated rings. The predicted molar refractivity (Wildman–Crippen MR) is 63.9 cm³/mol. The molecule has 0 spiro atoms. The Kier molecular flexibility index (Phi) is 3.06. The van der Waals surface area contributed by atoms with Crippen LogP contribution in [0.4, 0.5) is 4.79 Å². The van der Waals surface area contributed by atoms with Gasteiger partial charge in [-0.2, -0.15) is 0 Å². The first-order valence-corrected chi connectivity index (χ1v) is 8.45. The molecule has 0 saturated heterocycles. The summed E-state index contributed by atoms with van der Waals surface area (Å²) < 4.78 is 52.0. The van der Waals surface area contributed by atoms with Gasteiger partial charge in [0.05, 0.1) is 21.3 Å². The van der Waals surface area contributed by atoms with Gasteiger partial charge in [0, 0.05) is 5.56 Å². The van der Waals surface area contributed by atoms with Gasteiger partial charge in [-0.15, -0.1) is 0 Å². The maximum absolute atomic E-state index is 12.0. The van der Waals surface area contributed by atoms with Crippen molar-refractivity contribution in [3.05, 3.63) is 17.7 Å². The number of benzene rings is 1. The van der Waals surface area contributed by atoms with E-state index in [1.54, 1.807) is 0 Å². The SMILES string of the molecule is Cc1c(OC(=O)O)ccc2c1S(=O)(=O)CCS2(=O)=O. The second-order valence-electron chi connectivity index (χ2n) is 4.02. The van der Waals surface area contributed by atoms with Crippen molar-refractivity contribution in [2.24, 2.45) is 0 Å². The molecule has 0 saturated carbocycles. The molecule has 0 aromatic heterocycles. The van der Waals surface area contributed by atoms with Crippen molar-refractivity contribution in [3.63, 3.8) is 0 Å². The fourth-order valence-electron chi connectivity index (χ4n) is 1.92. The van der Waals surface area contributed by atoms with E-state index in [9.17, 15) is 21.6 Å². The van der Waals surface area contributed by atoms with E-state index in [2.05, 4.69) is 4.74 Å². The highest BCUT2D eigenvalue weighted by molar-refractivity contribution is 7.98. The van der Waals surface area contributed by atoms with Crippen LogP contribution >= 0.6 is 0 Å². The Bertz CT molecular complexity index is 759. The maximum Gasteiger partial charge on any atom is 0.511 e. The second-order valence-corrected chi connectivity index (χ2v) is 8.15. The summed E-state index contributed by atoms with van der Waals surface area (Å²) in [4.78, 5) is 9.83. The van der Waals surface area contributed by atoms with Gasteiger partial charge in [0.25, 0.3) is 0 Å². The molecule has 1 aliphatic rings. The maximum atomic E-state index is 12.0. The smallest absolute Gasteiger partial charge is 0.449 e. The number of ether oxygens (including phenoxy) is 1. The van der Waals surface area contributed by atoms with Crippen molar-refractivity contribution in [2.75, 3.05) is 11.5 Å². The molecule has 19 heavy (non-hydrogen) atoms. The van der Waals surface area contributed by atoms with Crippen LogP contribution < -0.4 is 4.74 Å². The number of hydrogen-bond acceptors (Lipinski definition) is 6. The Morgan fingerprint density at radius 2 is 1.74 bits per heavy atom. The summed E-state index contributed by atoms with van der Waals surface area (Å²) in [6.45, 7) is 1.31. The van der Waals surface area contributed by atoms with E-state index in [-0.39, 0.29) is 21.1 Å². The highest BCUT2D eigenvalue weighted by Gasteiger charge is 2.36. The van der Waals surface area contributed by atoms with E-state index in [4.69, 9.17) is 5.11 Å². The molecule has 0 amide bonds. The summed E-state index contributed by atoms with van der Waals surface area (Å²) in [5.74, 6) is -1.17. The lowest BCUT2D eigenvalue weighted by molar-refractivity contribution is 0.144. The molecule has 104 valence electrons. The van der Waals surface area contributed by atoms with Gasteiger partial charge >= 0.3 is 6.16 Å². The van der Waals surface area contributed by atoms with Crippen molar-refractivity contribution in [3.8, 4) is 5.75 Å². The van der Waals surface area contributed by atoms with Crippen molar-refractivity contribution in [1.82, 2.24) is 0 Å². The Balaban J connectivity index is 2.79. The number of carbonyl (C=O) groups is 1. The quantitative estimate of drug-likeness (QED) is 0.597. The summed E-state index contributed by atoms with van der Waals surface area (Å²) >= 11 is 0. The minimum absolute atomic E-state index is 0.0109. The molecular weight excluding hydrogens is 296 g/mol. The lowest BCUT2D eigenvalue weighted by Crippen LogP contribution is -2.27. The first-order chi connectivity index (χ1) is 8.65. The molecule has 1 N–H and O–H groups in total. The normalized spacial score (nSPS) is 19.4. The molecule has 0 atom stereocenters. The number of sulfone groups is 2. The Morgan fingerprint density at radius 3 is 2.32 bits per heavy atom. The van der Waals surface area contributed by atoms with E-state index in [1.165, 1.54) is 6.92 Å². The molecular formula is C10H10O7S2. The Labute approximate surface area is 109 Å². The van der Waals surface area contributed by atoms with Crippen molar-refractivity contribution in [2.45, 2.75) is 16.7 Å². The van der Waals surface area contributed by atoms with Crippen LogP contribution in [-0.2, 0) is 19.7 Å². The topological polar surface area (TPSA) is 115 Å². The zero-order chi connectivity index (χ0) is 14.4. The number of carboxylic acid groups (broad SMARTS) is 1. The average Bonchev–Trinajstić information content (AvgIpc) is 2.27. The van der Waals surface area contributed by atoms with Crippen LogP contribution in [0, 0.1) is 6.92 Å². The summed E-state index contributed by atoms with van der Waals surface area (Å²) in [5.41, 5.74) is -0.0109. The number of hydrogen-bond donors (Lipinski definition) is 1. The molecule has 0 bridgehead atoms. The van der Waals surface area contributed by atoms with Crippen molar-refractivity contribution in [1.29, 1.82) is 0 Å². The minimum Gasteiger partial charge on any atom is -0.449 e. The van der Waals surface area contributed by atoms with Gasteiger partial charge in [0.15, 0.2) is 19.7 Å². The van der Waals surface area contributed by atoms with Gasteiger partial charge in [0.1, 0.15) is 5.75 Å². The molecule has 9 heteroatoms. The fraction of sp³-hybridized carbons (Fsp3) is 0.300. The van der Waals surface area contributed by atoms with E-state index >= 15 is 0 Å². The number of fused-ring (bicyclic) bond motifs is 1. The first kappa shape index (κ1) is 13.8. The van der Waals surface area contributed by atoms with Crippen LogP contribution in [0.2, 0.25) is 0 Å². The van der Waals surface area contributed by atoms with E-state index in [0.29, 0.717) is 0 Å². The molecule has 1 aliphatic heterocycles. The third kappa shape index (κ3) is 2.30. The van der Waals surface area contributed by atoms with Crippen molar-refractivity contribution >= 4 is 25.8 Å². The fourth-order valence-corrected chi connectivity index (χ4v) is 6.51. The molecule has 0 aliphatic carbocycles. The molecule has 7 nitrogen and oxygen atoms in total. The Hall–Kier alpha value is -1.61. The molecule has 1 aromatic rings. The summed E-state index contributed by atoms with van der Waals surface area (Å²) in [6.07, 6.45) is -1.60. The first-order valence-electron chi connectivity index (χ1n) is 5.15. The van der Waals surface area contributed by atoms with E-state index in [1.807, 2.05) is 0 Å². The summed E-state index contributed by atoms with van der Waals surface area (Å²) in [7, 11) is -7.42. The van der Waals surface area contributed by atoms with Gasteiger partial charge in [-0.3, -0.25) is 0 Å². The standard InChI is InChI=1S/C10H10O7S2/c1-6-7(17-10(11)12)2-3-8-9(6)19(15,16)5-4-18(8,13)14/h2-3H,4-5H2,1H3,(H,11,12). The minimum atomic E-state index is -3.75. The zero-order valence-corrected chi connectivity index (χ0v) is 11.4. The van der Waals surface area contributed by atoms with Gasteiger partial charge in [-0.05, 0) is 19.1 Å². The highest BCUT2D eigenvalue weighted by atomic mass is 32.2. The van der Waals surface area contributed by atoms with E-state index < -0.39 is 37.3 Å². The van der Waals surface area contributed by atoms with Crippen LogP contribution in [0.1, 0.15) is 5.56 Å². The van der Waals surface area contributed by atoms with Crippen LogP contribution in [0.15, 0.2) is 21.9 Å². The Morgan fingerprint density at radius 1 is 1.16 bits per heavy atom. The van der Waals surface area contributed by atoms with Gasteiger partial charge in [-0.1, -0.05) is 0 Å². The highest BCUT2D eigenvalue weighted by Crippen LogP contribution is 2.35. The predicted octanol–water partition coefficient (Wildman–Crippen LogP) is 0.613. The van der Waals surface area contributed by atoms with Crippen LogP contribution in [0.3, 0.4) is 0 Å². The zero-order valence-electron chi connectivity index (χ0n) is 9.78. The van der Waals surface area contributed by atoms with Crippen molar-refractivity contribution < 1.29 is 31.5 Å². The van der Waals surface area contributed by atoms with Crippen LogP contribution in [-0.4, -0.2) is 39.6 Å². The number of rotatable bonds is 1. The van der Waals surface area contributed by atoms with Crippen LogP contribution in [0.25, 0.3) is 0 Å². The molecule has 2 rings (SSSR count). The van der Waals surface area contributed by atoms with Gasteiger partial charge in [-0.25, -0.2) is 21.6 Å². The summed E-state index contributed by atoms with van der Waals surface area (Å²) in [5, 5.41) is 8.54. The third-order valence-electron chi connectivity index (χ3n) is 2.78. The average molecular weight is 306 g/mol. The molecule has 1 aromatic carbocycles. The third-order valence-corrected chi connectivity index (χ3v) is 6.81. The molecule has 1 heterocycles. The van der Waals surface area contributed by atoms with Gasteiger partial charge in [0.2, 0.25) is 0 Å². The molecule has 0 radical (unpaired) electrons.